The van der Waals surface area contributed by atoms with Gasteiger partial charge in [0.25, 0.3) is 0 Å². The first-order valence-electron chi connectivity index (χ1n) is 9.48. The van der Waals surface area contributed by atoms with Crippen molar-refractivity contribution in [3.63, 3.8) is 0 Å². The molecule has 2 aromatic carbocycles. The molecule has 1 unspecified atom stereocenters. The third-order valence-electron chi connectivity index (χ3n) is 5.13. The van der Waals surface area contributed by atoms with Crippen molar-refractivity contribution < 1.29 is 9.47 Å². The molecule has 0 aliphatic carbocycles. The maximum Gasteiger partial charge on any atom is 0.231 e. The van der Waals surface area contributed by atoms with Crippen molar-refractivity contribution in [1.82, 2.24) is 4.98 Å². The Balaban J connectivity index is 1.43. The van der Waals surface area contributed by atoms with E-state index in [1.54, 1.807) is 11.8 Å². The van der Waals surface area contributed by atoms with Crippen LogP contribution in [0, 0.1) is 6.92 Å². The number of anilines is 1. The van der Waals surface area contributed by atoms with Crippen LogP contribution in [-0.4, -0.2) is 28.7 Å². The number of hydrogen-bond donors (Lipinski definition) is 1. The molecular formula is C22H21N3O2S. The summed E-state index contributed by atoms with van der Waals surface area (Å²) in [5.41, 5.74) is 5.17. The minimum Gasteiger partial charge on any atom is -0.454 e. The number of aromatic nitrogens is 1. The van der Waals surface area contributed by atoms with Gasteiger partial charge in [0.1, 0.15) is 0 Å². The van der Waals surface area contributed by atoms with Gasteiger partial charge in [-0.05, 0) is 43.2 Å². The number of nitrogens with zero attached hydrogens (tertiary/aromatic N) is 2. The van der Waals surface area contributed by atoms with Crippen LogP contribution in [0.2, 0.25) is 0 Å². The van der Waals surface area contributed by atoms with Gasteiger partial charge in [0, 0.05) is 28.5 Å². The number of hydrogen-bond acceptors (Lipinski definition) is 6. The fraction of sp³-hybridized carbons (Fsp3) is 0.273. The van der Waals surface area contributed by atoms with E-state index in [0.29, 0.717) is 6.04 Å². The van der Waals surface area contributed by atoms with E-state index in [-0.39, 0.29) is 6.79 Å². The highest BCUT2D eigenvalue weighted by Crippen LogP contribution is 2.37. The predicted octanol–water partition coefficient (Wildman–Crippen LogP) is 5.23. The Morgan fingerprint density at radius 1 is 1.11 bits per heavy atom. The Morgan fingerprint density at radius 3 is 2.64 bits per heavy atom. The molecule has 5 rings (SSSR count). The summed E-state index contributed by atoms with van der Waals surface area (Å²) in [5.74, 6) is 2.62. The summed E-state index contributed by atoms with van der Waals surface area (Å²) in [5, 5.41) is 5.52. The average Bonchev–Trinajstić information content (AvgIpc) is 3.36. The summed E-state index contributed by atoms with van der Waals surface area (Å²) < 4.78 is 11.0. The molecule has 6 heteroatoms. The standard InChI is InChI=1S/C22H21N3O2S/c1-3-15-11-28-22(23-15)24-16-6-4-14(5-7-16)18-8-13(2)17-9-20-21(27-12-26-20)10-19(17)25-18/h4-10,15H,3,11-12H2,1-2H3,(H,23,24). The lowest BCUT2D eigenvalue weighted by Crippen LogP contribution is -2.05. The van der Waals surface area contributed by atoms with Crippen LogP contribution in [0.1, 0.15) is 18.9 Å². The number of rotatable bonds is 3. The highest BCUT2D eigenvalue weighted by molar-refractivity contribution is 8.14. The Bertz CT molecular complexity index is 1080. The van der Waals surface area contributed by atoms with Crippen LogP contribution in [0.5, 0.6) is 11.5 Å². The lowest BCUT2D eigenvalue weighted by Gasteiger charge is -2.09. The van der Waals surface area contributed by atoms with Crippen LogP contribution in [-0.2, 0) is 0 Å². The number of benzene rings is 2. The van der Waals surface area contributed by atoms with Crippen molar-refractivity contribution in [1.29, 1.82) is 0 Å². The van der Waals surface area contributed by atoms with E-state index in [1.165, 1.54) is 5.56 Å². The van der Waals surface area contributed by atoms with Gasteiger partial charge in [0.2, 0.25) is 6.79 Å². The quantitative estimate of drug-likeness (QED) is 0.662. The SMILES string of the molecule is CCC1CSC(Nc2ccc(-c3cc(C)c4cc5c(cc4n3)OCO5)cc2)=N1. The van der Waals surface area contributed by atoms with Gasteiger partial charge in [-0.15, -0.1) is 0 Å². The first-order chi connectivity index (χ1) is 13.7. The summed E-state index contributed by atoms with van der Waals surface area (Å²) in [6.07, 6.45) is 1.09. The van der Waals surface area contributed by atoms with E-state index < -0.39 is 0 Å². The van der Waals surface area contributed by atoms with Crippen LogP contribution < -0.4 is 14.8 Å². The lowest BCUT2D eigenvalue weighted by atomic mass is 10.0. The highest BCUT2D eigenvalue weighted by atomic mass is 32.2. The van der Waals surface area contributed by atoms with Crippen molar-refractivity contribution in [2.75, 3.05) is 17.9 Å². The number of ether oxygens (including phenoxy) is 2. The highest BCUT2D eigenvalue weighted by Gasteiger charge is 2.17. The summed E-state index contributed by atoms with van der Waals surface area (Å²) in [7, 11) is 0. The molecule has 0 bridgehead atoms. The number of pyridine rings is 1. The largest absolute Gasteiger partial charge is 0.454 e. The molecule has 5 nitrogen and oxygen atoms in total. The maximum absolute atomic E-state index is 5.50. The number of thioether (sulfide) groups is 1. The summed E-state index contributed by atoms with van der Waals surface area (Å²) >= 11 is 1.79. The van der Waals surface area contributed by atoms with Crippen molar-refractivity contribution in [2.45, 2.75) is 26.3 Å². The molecular weight excluding hydrogens is 370 g/mol. The summed E-state index contributed by atoms with van der Waals surface area (Å²) in [4.78, 5) is 9.54. The second kappa shape index (κ2) is 7.02. The fourth-order valence-corrected chi connectivity index (χ4v) is 4.55. The molecule has 0 saturated heterocycles. The average molecular weight is 391 g/mol. The number of aliphatic imine (C=N–C) groups is 1. The lowest BCUT2D eigenvalue weighted by molar-refractivity contribution is 0.174. The van der Waals surface area contributed by atoms with Crippen molar-refractivity contribution in [2.24, 2.45) is 4.99 Å². The van der Waals surface area contributed by atoms with Gasteiger partial charge in [-0.2, -0.15) is 0 Å². The van der Waals surface area contributed by atoms with Crippen molar-refractivity contribution in [3.8, 4) is 22.8 Å². The topological polar surface area (TPSA) is 55.7 Å². The summed E-state index contributed by atoms with van der Waals surface area (Å²) in [6, 6.07) is 14.9. The molecule has 28 heavy (non-hydrogen) atoms. The Hall–Kier alpha value is -2.73. The third-order valence-corrected chi connectivity index (χ3v) is 6.16. The molecule has 1 aromatic heterocycles. The van der Waals surface area contributed by atoms with Gasteiger partial charge < -0.3 is 14.8 Å². The second-order valence-corrected chi connectivity index (χ2v) is 8.07. The second-order valence-electron chi connectivity index (χ2n) is 7.06. The van der Waals surface area contributed by atoms with E-state index in [2.05, 4.69) is 49.5 Å². The zero-order valence-electron chi connectivity index (χ0n) is 15.9. The molecule has 3 heterocycles. The first kappa shape index (κ1) is 17.4. The van der Waals surface area contributed by atoms with Gasteiger partial charge in [-0.1, -0.05) is 30.8 Å². The van der Waals surface area contributed by atoms with Crippen molar-refractivity contribution >= 4 is 33.5 Å². The van der Waals surface area contributed by atoms with Crippen LogP contribution in [0.15, 0.2) is 47.5 Å². The van der Waals surface area contributed by atoms with Crippen LogP contribution >= 0.6 is 11.8 Å². The van der Waals surface area contributed by atoms with Gasteiger partial charge in [0.05, 0.1) is 17.3 Å². The predicted molar refractivity (Wildman–Crippen MR) is 116 cm³/mol. The van der Waals surface area contributed by atoms with E-state index in [1.807, 2.05) is 12.1 Å². The zero-order chi connectivity index (χ0) is 19.1. The molecule has 1 N–H and O–H groups in total. The minimum absolute atomic E-state index is 0.272. The molecule has 1 atom stereocenters. The fourth-order valence-electron chi connectivity index (χ4n) is 3.47. The molecule has 3 aromatic rings. The van der Waals surface area contributed by atoms with Crippen LogP contribution in [0.3, 0.4) is 0 Å². The molecule has 0 spiro atoms. The molecule has 0 fully saturated rings. The van der Waals surface area contributed by atoms with Gasteiger partial charge in [-0.25, -0.2) is 4.98 Å². The molecule has 2 aliphatic rings. The maximum atomic E-state index is 5.50. The van der Waals surface area contributed by atoms with Gasteiger partial charge in [-0.3, -0.25) is 4.99 Å². The monoisotopic (exact) mass is 391 g/mol. The Labute approximate surface area is 168 Å². The molecule has 0 amide bonds. The van der Waals surface area contributed by atoms with Gasteiger partial charge >= 0.3 is 0 Å². The van der Waals surface area contributed by atoms with Crippen LogP contribution in [0.4, 0.5) is 5.69 Å². The first-order valence-corrected chi connectivity index (χ1v) is 10.5. The number of fused-ring (bicyclic) bond motifs is 2. The number of amidine groups is 1. The van der Waals surface area contributed by atoms with E-state index in [4.69, 9.17) is 19.5 Å². The summed E-state index contributed by atoms with van der Waals surface area (Å²) in [6.45, 7) is 4.55. The number of nitrogens with one attached hydrogen (secondary N) is 1. The van der Waals surface area contributed by atoms with Gasteiger partial charge in [0.15, 0.2) is 16.7 Å². The van der Waals surface area contributed by atoms with E-state index in [0.717, 1.165) is 56.7 Å². The minimum atomic E-state index is 0.272. The van der Waals surface area contributed by atoms with E-state index >= 15 is 0 Å². The normalized spacial score (nSPS) is 17.8. The van der Waals surface area contributed by atoms with Crippen molar-refractivity contribution in [3.05, 3.63) is 48.0 Å². The molecule has 0 radical (unpaired) electrons. The van der Waals surface area contributed by atoms with E-state index in [9.17, 15) is 0 Å². The Kier molecular flexibility index (Phi) is 4.36. The molecule has 2 aliphatic heterocycles. The number of aryl methyl sites for hydroxylation is 1. The zero-order valence-corrected chi connectivity index (χ0v) is 16.7. The molecule has 142 valence electrons. The smallest absolute Gasteiger partial charge is 0.231 e. The van der Waals surface area contributed by atoms with Crippen LogP contribution in [0.25, 0.3) is 22.2 Å². The Morgan fingerprint density at radius 2 is 1.89 bits per heavy atom. The third kappa shape index (κ3) is 3.18. The molecule has 0 saturated carbocycles.